The first-order chi connectivity index (χ1) is 15.7. The minimum absolute atomic E-state index is 0.0542. The molecule has 0 aliphatic carbocycles. The van der Waals surface area contributed by atoms with Gasteiger partial charge in [0, 0.05) is 31.1 Å². The summed E-state index contributed by atoms with van der Waals surface area (Å²) in [7, 11) is -3.60. The minimum Gasteiger partial charge on any atom is -0.478 e. The van der Waals surface area contributed by atoms with Crippen LogP contribution in [0.25, 0.3) is 0 Å². The van der Waals surface area contributed by atoms with Crippen molar-refractivity contribution in [3.8, 4) is 5.75 Å². The Hall–Kier alpha value is -2.78. The van der Waals surface area contributed by atoms with E-state index in [4.69, 9.17) is 16.3 Å². The molecule has 0 spiro atoms. The second kappa shape index (κ2) is 9.61. The van der Waals surface area contributed by atoms with Crippen molar-refractivity contribution in [3.63, 3.8) is 0 Å². The highest BCUT2D eigenvalue weighted by molar-refractivity contribution is 7.92. The summed E-state index contributed by atoms with van der Waals surface area (Å²) >= 11 is 6.07. The molecule has 0 radical (unpaired) electrons. The molecule has 0 saturated carbocycles. The third kappa shape index (κ3) is 5.25. The zero-order valence-corrected chi connectivity index (χ0v) is 19.9. The number of hydrogen-bond acceptors (Lipinski definition) is 5. The maximum absolute atomic E-state index is 13.1. The molecule has 4 rings (SSSR count). The van der Waals surface area contributed by atoms with Gasteiger partial charge in [-0.1, -0.05) is 23.7 Å². The second-order valence-corrected chi connectivity index (χ2v) is 10.6. The molecule has 2 aliphatic rings. The van der Waals surface area contributed by atoms with Crippen molar-refractivity contribution in [1.29, 1.82) is 0 Å². The molecule has 0 unspecified atom stereocenters. The Bertz CT molecular complexity index is 1160. The van der Waals surface area contributed by atoms with Crippen LogP contribution in [0.1, 0.15) is 36.0 Å². The number of fused-ring (bicyclic) bond motifs is 1. The number of piperidine rings is 1. The van der Waals surface area contributed by atoms with E-state index in [0.29, 0.717) is 35.1 Å². The Morgan fingerprint density at radius 3 is 2.52 bits per heavy atom. The zero-order valence-electron chi connectivity index (χ0n) is 18.3. The van der Waals surface area contributed by atoms with Gasteiger partial charge in [-0.05, 0) is 49.6 Å². The number of carbonyl (C=O) groups is 2. The van der Waals surface area contributed by atoms with Gasteiger partial charge in [0.05, 0.1) is 23.2 Å². The summed E-state index contributed by atoms with van der Waals surface area (Å²) in [5.41, 5.74) is 1.12. The molecule has 8 nitrogen and oxygen atoms in total. The summed E-state index contributed by atoms with van der Waals surface area (Å²) < 4.78 is 31.8. The van der Waals surface area contributed by atoms with Gasteiger partial charge >= 0.3 is 0 Å². The van der Waals surface area contributed by atoms with Crippen molar-refractivity contribution >= 4 is 44.8 Å². The van der Waals surface area contributed by atoms with Crippen LogP contribution in [0, 0.1) is 0 Å². The van der Waals surface area contributed by atoms with E-state index in [-0.39, 0.29) is 24.6 Å². The first-order valence-electron chi connectivity index (χ1n) is 10.9. The Morgan fingerprint density at radius 1 is 1.06 bits per heavy atom. The molecule has 1 N–H and O–H groups in total. The van der Waals surface area contributed by atoms with Gasteiger partial charge in [0.1, 0.15) is 5.75 Å². The number of sulfonamides is 1. The van der Waals surface area contributed by atoms with Crippen molar-refractivity contribution in [2.45, 2.75) is 31.8 Å². The largest absolute Gasteiger partial charge is 0.478 e. The molecular weight excluding hydrogens is 466 g/mol. The topological polar surface area (TPSA) is 96.0 Å². The fourth-order valence-corrected chi connectivity index (χ4v) is 5.24. The van der Waals surface area contributed by atoms with Crippen molar-refractivity contribution < 1.29 is 22.7 Å². The van der Waals surface area contributed by atoms with Gasteiger partial charge in [-0.2, -0.15) is 0 Å². The number of halogens is 1. The number of likely N-dealkylation sites (tertiary alicyclic amines) is 1. The summed E-state index contributed by atoms with van der Waals surface area (Å²) in [6.45, 7) is 1.46. The van der Waals surface area contributed by atoms with Gasteiger partial charge in [0.15, 0.2) is 6.10 Å². The molecule has 2 aromatic carbocycles. The number of amides is 2. The van der Waals surface area contributed by atoms with E-state index in [1.165, 1.54) is 10.4 Å². The normalized spacial score (nSPS) is 18.7. The Labute approximate surface area is 198 Å². The maximum atomic E-state index is 13.1. The van der Waals surface area contributed by atoms with Crippen molar-refractivity contribution in [2.24, 2.45) is 0 Å². The summed E-state index contributed by atoms with van der Waals surface area (Å²) in [5.74, 6) is -0.319. The number of benzene rings is 2. The molecule has 176 valence electrons. The predicted octanol–water partition coefficient (Wildman–Crippen LogP) is 3.52. The summed E-state index contributed by atoms with van der Waals surface area (Å²) in [4.78, 5) is 28.0. The molecule has 1 atom stereocenters. The van der Waals surface area contributed by atoms with Gasteiger partial charge in [-0.25, -0.2) is 8.42 Å². The maximum Gasteiger partial charge on any atom is 0.265 e. The van der Waals surface area contributed by atoms with E-state index < -0.39 is 22.0 Å². The Morgan fingerprint density at radius 2 is 1.79 bits per heavy atom. The molecule has 0 aromatic heterocycles. The number of hydrogen-bond donors (Lipinski definition) is 1. The quantitative estimate of drug-likeness (QED) is 0.706. The van der Waals surface area contributed by atoms with E-state index in [0.717, 1.165) is 25.5 Å². The van der Waals surface area contributed by atoms with E-state index in [1.807, 2.05) is 0 Å². The SMILES string of the molecule is CS(=O)(=O)N1CC[C@H](C(=O)Nc2ccccc2C(=O)N2CCCCC2)Oc2ccc(Cl)cc21. The first-order valence-corrected chi connectivity index (χ1v) is 13.1. The Balaban J connectivity index is 1.56. The van der Waals surface area contributed by atoms with Crippen LogP contribution in [0.2, 0.25) is 5.02 Å². The summed E-state index contributed by atoms with van der Waals surface area (Å²) in [6.07, 6.45) is 3.33. The number of rotatable bonds is 4. The third-order valence-electron chi connectivity index (χ3n) is 5.80. The van der Waals surface area contributed by atoms with Gasteiger partial charge < -0.3 is 15.0 Å². The molecule has 2 aliphatic heterocycles. The van der Waals surface area contributed by atoms with E-state index in [9.17, 15) is 18.0 Å². The number of ether oxygens (including phenoxy) is 1. The zero-order chi connectivity index (χ0) is 23.6. The number of carbonyl (C=O) groups excluding carboxylic acids is 2. The minimum atomic E-state index is -3.60. The summed E-state index contributed by atoms with van der Waals surface area (Å²) in [5, 5.41) is 3.18. The van der Waals surface area contributed by atoms with Crippen LogP contribution in [-0.2, 0) is 14.8 Å². The molecule has 2 aromatic rings. The van der Waals surface area contributed by atoms with E-state index in [1.54, 1.807) is 41.3 Å². The van der Waals surface area contributed by atoms with Crippen LogP contribution in [0.3, 0.4) is 0 Å². The lowest BCUT2D eigenvalue weighted by Crippen LogP contribution is -2.38. The van der Waals surface area contributed by atoms with Crippen LogP contribution in [0.4, 0.5) is 11.4 Å². The lowest BCUT2D eigenvalue weighted by atomic mass is 10.1. The highest BCUT2D eigenvalue weighted by Crippen LogP contribution is 2.36. The highest BCUT2D eigenvalue weighted by atomic mass is 35.5. The number of anilines is 2. The van der Waals surface area contributed by atoms with Crippen LogP contribution >= 0.6 is 11.6 Å². The number of nitrogens with one attached hydrogen (secondary N) is 1. The molecule has 1 fully saturated rings. The third-order valence-corrected chi connectivity index (χ3v) is 7.22. The van der Waals surface area contributed by atoms with Crippen LogP contribution in [-0.4, -0.2) is 57.1 Å². The van der Waals surface area contributed by atoms with Crippen LogP contribution < -0.4 is 14.4 Å². The molecule has 2 heterocycles. The number of para-hydroxylation sites is 1. The fourth-order valence-electron chi connectivity index (χ4n) is 4.14. The van der Waals surface area contributed by atoms with Crippen molar-refractivity contribution in [2.75, 3.05) is 35.5 Å². The fraction of sp³-hybridized carbons (Fsp3) is 0.391. The monoisotopic (exact) mass is 491 g/mol. The highest BCUT2D eigenvalue weighted by Gasteiger charge is 2.32. The van der Waals surface area contributed by atoms with Gasteiger partial charge in [-0.3, -0.25) is 13.9 Å². The summed E-state index contributed by atoms with van der Waals surface area (Å²) in [6, 6.07) is 11.5. The smallest absolute Gasteiger partial charge is 0.265 e. The molecule has 0 bridgehead atoms. The first kappa shape index (κ1) is 23.4. The van der Waals surface area contributed by atoms with Crippen LogP contribution in [0.5, 0.6) is 5.75 Å². The van der Waals surface area contributed by atoms with Gasteiger partial charge in [-0.15, -0.1) is 0 Å². The van der Waals surface area contributed by atoms with Crippen LogP contribution in [0.15, 0.2) is 42.5 Å². The lowest BCUT2D eigenvalue weighted by molar-refractivity contribution is -0.122. The molecule has 1 saturated heterocycles. The lowest BCUT2D eigenvalue weighted by Gasteiger charge is -2.27. The standard InChI is InChI=1S/C23H26ClN3O5S/c1-33(30,31)27-14-11-21(32-20-10-9-16(24)15-19(20)27)22(28)25-18-8-4-3-7-17(18)23(29)26-12-5-2-6-13-26/h3-4,7-10,15,21H,2,5-6,11-14H2,1H3,(H,25,28)/t21-/m1/s1. The second-order valence-electron chi connectivity index (χ2n) is 8.23. The molecular formula is C23H26ClN3O5S. The van der Waals surface area contributed by atoms with E-state index in [2.05, 4.69) is 5.32 Å². The number of nitrogens with zero attached hydrogens (tertiary/aromatic N) is 2. The molecule has 10 heteroatoms. The van der Waals surface area contributed by atoms with Gasteiger partial charge in [0.25, 0.3) is 11.8 Å². The Kier molecular flexibility index (Phi) is 6.81. The van der Waals surface area contributed by atoms with Gasteiger partial charge in [0.2, 0.25) is 10.0 Å². The predicted molar refractivity (Wildman–Crippen MR) is 128 cm³/mol. The molecule has 33 heavy (non-hydrogen) atoms. The van der Waals surface area contributed by atoms with E-state index >= 15 is 0 Å². The van der Waals surface area contributed by atoms with Crippen molar-refractivity contribution in [3.05, 3.63) is 53.1 Å². The van der Waals surface area contributed by atoms with Crippen molar-refractivity contribution in [1.82, 2.24) is 4.90 Å². The average Bonchev–Trinajstić information content (AvgIpc) is 2.99. The molecule has 2 amide bonds. The average molecular weight is 492 g/mol.